The molecule has 3 rings (SSSR count). The zero-order chi connectivity index (χ0) is 12.7. The fourth-order valence-corrected chi connectivity index (χ4v) is 2.43. The van der Waals surface area contributed by atoms with Crippen molar-refractivity contribution in [1.82, 2.24) is 14.5 Å². The molecule has 0 amide bonds. The van der Waals surface area contributed by atoms with Gasteiger partial charge in [0.25, 0.3) is 0 Å². The number of para-hydroxylation sites is 1. The molecule has 0 aliphatic rings. The predicted molar refractivity (Wildman–Crippen MR) is 75.7 cm³/mol. The summed E-state index contributed by atoms with van der Waals surface area (Å²) in [6.07, 6.45) is 1.86. The van der Waals surface area contributed by atoms with Crippen LogP contribution in [0.1, 0.15) is 11.1 Å². The lowest BCUT2D eigenvalue weighted by molar-refractivity contribution is 1.03. The van der Waals surface area contributed by atoms with Gasteiger partial charge in [0, 0.05) is 6.20 Å². The molecule has 3 aromatic rings. The normalized spacial score (nSPS) is 11.0. The van der Waals surface area contributed by atoms with Gasteiger partial charge in [-0.2, -0.15) is 0 Å². The summed E-state index contributed by atoms with van der Waals surface area (Å²) in [6, 6.07) is 10.2. The molecule has 0 saturated heterocycles. The summed E-state index contributed by atoms with van der Waals surface area (Å²) >= 11 is 5.41. The second kappa shape index (κ2) is 4.07. The van der Waals surface area contributed by atoms with Crippen molar-refractivity contribution in [1.29, 1.82) is 0 Å². The van der Waals surface area contributed by atoms with E-state index in [1.807, 2.05) is 29.8 Å². The van der Waals surface area contributed by atoms with Crippen LogP contribution < -0.4 is 0 Å². The molecule has 4 heteroatoms. The van der Waals surface area contributed by atoms with Crippen LogP contribution in [0.5, 0.6) is 0 Å². The number of nitrogens with zero attached hydrogens (tertiary/aromatic N) is 2. The van der Waals surface area contributed by atoms with E-state index in [0.29, 0.717) is 4.77 Å². The Morgan fingerprint density at radius 2 is 2.00 bits per heavy atom. The van der Waals surface area contributed by atoms with Crippen molar-refractivity contribution in [2.75, 3.05) is 0 Å². The summed E-state index contributed by atoms with van der Waals surface area (Å²) in [5, 5.41) is 0. The van der Waals surface area contributed by atoms with Gasteiger partial charge in [0.05, 0.1) is 11.2 Å². The van der Waals surface area contributed by atoms with E-state index in [1.54, 1.807) is 0 Å². The number of pyridine rings is 1. The number of nitrogens with one attached hydrogen (secondary N) is 1. The van der Waals surface area contributed by atoms with Crippen LogP contribution in [0, 0.1) is 18.6 Å². The number of fused-ring (bicyclic) bond motifs is 1. The van der Waals surface area contributed by atoms with Gasteiger partial charge in [-0.3, -0.25) is 4.57 Å². The van der Waals surface area contributed by atoms with Gasteiger partial charge in [0.2, 0.25) is 0 Å². The van der Waals surface area contributed by atoms with Gasteiger partial charge in [-0.05, 0) is 49.3 Å². The van der Waals surface area contributed by atoms with E-state index < -0.39 is 0 Å². The Kier molecular flexibility index (Phi) is 2.52. The van der Waals surface area contributed by atoms with E-state index in [-0.39, 0.29) is 0 Å². The summed E-state index contributed by atoms with van der Waals surface area (Å²) in [4.78, 5) is 7.69. The van der Waals surface area contributed by atoms with E-state index >= 15 is 0 Å². The molecule has 0 spiro atoms. The number of benzene rings is 1. The second-order valence-electron chi connectivity index (χ2n) is 4.44. The highest BCUT2D eigenvalue weighted by molar-refractivity contribution is 7.71. The van der Waals surface area contributed by atoms with Crippen LogP contribution in [0.3, 0.4) is 0 Å². The Morgan fingerprint density at radius 3 is 2.78 bits per heavy atom. The highest BCUT2D eigenvalue weighted by atomic mass is 32.1. The topological polar surface area (TPSA) is 33.6 Å². The molecule has 0 unspecified atom stereocenters. The van der Waals surface area contributed by atoms with E-state index in [1.165, 1.54) is 5.56 Å². The van der Waals surface area contributed by atoms with Crippen LogP contribution in [0.25, 0.3) is 16.9 Å². The van der Waals surface area contributed by atoms with Crippen molar-refractivity contribution in [3.63, 3.8) is 0 Å². The number of hydrogen-bond acceptors (Lipinski definition) is 2. The Hall–Kier alpha value is -1.94. The van der Waals surface area contributed by atoms with Crippen molar-refractivity contribution in [2.24, 2.45) is 0 Å². The van der Waals surface area contributed by atoms with Gasteiger partial charge < -0.3 is 4.98 Å². The Labute approximate surface area is 110 Å². The van der Waals surface area contributed by atoms with Crippen LogP contribution in [0.15, 0.2) is 36.5 Å². The Morgan fingerprint density at radius 1 is 1.22 bits per heavy atom. The molecule has 0 aliphatic carbocycles. The van der Waals surface area contributed by atoms with Crippen LogP contribution >= 0.6 is 12.2 Å². The van der Waals surface area contributed by atoms with E-state index in [2.05, 4.69) is 35.1 Å². The minimum absolute atomic E-state index is 0.678. The maximum Gasteiger partial charge on any atom is 0.184 e. The lowest BCUT2D eigenvalue weighted by Crippen LogP contribution is -1.98. The number of H-pyrrole nitrogens is 1. The maximum absolute atomic E-state index is 5.41. The number of aryl methyl sites for hydroxylation is 2. The van der Waals surface area contributed by atoms with E-state index in [9.17, 15) is 0 Å². The Bertz CT molecular complexity index is 783. The zero-order valence-corrected chi connectivity index (χ0v) is 11.1. The van der Waals surface area contributed by atoms with Gasteiger partial charge in [-0.25, -0.2) is 4.98 Å². The minimum atomic E-state index is 0.678. The maximum atomic E-state index is 5.41. The summed E-state index contributed by atoms with van der Waals surface area (Å²) in [7, 11) is 0. The number of hydrogen-bond donors (Lipinski definition) is 1. The van der Waals surface area contributed by atoms with Crippen molar-refractivity contribution in [2.45, 2.75) is 13.8 Å². The van der Waals surface area contributed by atoms with Crippen LogP contribution in [0.4, 0.5) is 0 Å². The first kappa shape index (κ1) is 11.2. The molecule has 1 aromatic carbocycles. The fraction of sp³-hybridized carbons (Fsp3) is 0.143. The Balaban J connectivity index is 2.40. The van der Waals surface area contributed by atoms with Gasteiger partial charge in [0.1, 0.15) is 0 Å². The smallest absolute Gasteiger partial charge is 0.184 e. The van der Waals surface area contributed by atoms with Gasteiger partial charge in [0.15, 0.2) is 10.4 Å². The first-order chi connectivity index (χ1) is 8.66. The van der Waals surface area contributed by atoms with Crippen LogP contribution in [0.2, 0.25) is 0 Å². The molecule has 2 aromatic heterocycles. The molecule has 0 bridgehead atoms. The van der Waals surface area contributed by atoms with Gasteiger partial charge >= 0.3 is 0 Å². The summed E-state index contributed by atoms with van der Waals surface area (Å²) < 4.78 is 2.66. The van der Waals surface area contributed by atoms with Crippen molar-refractivity contribution in [3.05, 3.63) is 52.4 Å². The summed E-state index contributed by atoms with van der Waals surface area (Å²) in [5.41, 5.74) is 5.22. The summed E-state index contributed by atoms with van der Waals surface area (Å²) in [5.74, 6) is 0. The van der Waals surface area contributed by atoms with Crippen molar-refractivity contribution < 1.29 is 0 Å². The molecule has 0 saturated carbocycles. The SMILES string of the molecule is Cc1cnc2c(c1)[nH]c(=S)n2-c1ccccc1C. The molecule has 2 heterocycles. The molecule has 0 aliphatic heterocycles. The molecular weight excluding hydrogens is 242 g/mol. The lowest BCUT2D eigenvalue weighted by Gasteiger charge is -2.07. The fourth-order valence-electron chi connectivity index (χ4n) is 2.14. The van der Waals surface area contributed by atoms with Crippen molar-refractivity contribution >= 4 is 23.4 Å². The average Bonchev–Trinajstić information content (AvgIpc) is 2.65. The molecule has 3 nitrogen and oxygen atoms in total. The monoisotopic (exact) mass is 255 g/mol. The molecule has 90 valence electrons. The van der Waals surface area contributed by atoms with Gasteiger partial charge in [-0.1, -0.05) is 18.2 Å². The third-order valence-corrected chi connectivity index (χ3v) is 3.30. The van der Waals surface area contributed by atoms with Crippen LogP contribution in [-0.2, 0) is 0 Å². The highest BCUT2D eigenvalue weighted by Gasteiger charge is 2.09. The quantitative estimate of drug-likeness (QED) is 0.673. The highest BCUT2D eigenvalue weighted by Crippen LogP contribution is 2.20. The number of rotatable bonds is 1. The van der Waals surface area contributed by atoms with Crippen LogP contribution in [-0.4, -0.2) is 14.5 Å². The standard InChI is InChI=1S/C14H13N3S/c1-9-7-11-13(15-8-9)17(14(18)16-11)12-6-4-3-5-10(12)2/h3-8H,1-2H3,(H,16,18). The summed E-state index contributed by atoms with van der Waals surface area (Å²) in [6.45, 7) is 4.10. The minimum Gasteiger partial charge on any atom is -0.329 e. The molecule has 0 atom stereocenters. The third kappa shape index (κ3) is 1.66. The number of aromatic amines is 1. The first-order valence-corrected chi connectivity index (χ1v) is 6.21. The van der Waals surface area contributed by atoms with Gasteiger partial charge in [-0.15, -0.1) is 0 Å². The molecule has 0 fully saturated rings. The average molecular weight is 255 g/mol. The molecular formula is C14H13N3S. The molecule has 1 N–H and O–H groups in total. The first-order valence-electron chi connectivity index (χ1n) is 5.80. The molecule has 0 radical (unpaired) electrons. The number of imidazole rings is 1. The number of aromatic nitrogens is 3. The largest absolute Gasteiger partial charge is 0.329 e. The van der Waals surface area contributed by atoms with E-state index in [4.69, 9.17) is 12.2 Å². The zero-order valence-electron chi connectivity index (χ0n) is 10.3. The second-order valence-corrected chi connectivity index (χ2v) is 4.82. The van der Waals surface area contributed by atoms with E-state index in [0.717, 1.165) is 22.4 Å². The lowest BCUT2D eigenvalue weighted by atomic mass is 10.2. The molecule has 18 heavy (non-hydrogen) atoms. The predicted octanol–water partition coefficient (Wildman–Crippen LogP) is 3.70. The third-order valence-electron chi connectivity index (χ3n) is 3.02. The van der Waals surface area contributed by atoms with Crippen molar-refractivity contribution in [3.8, 4) is 5.69 Å².